The number of carbonyl (C=O) groups excluding carboxylic acids is 2. The predicted octanol–water partition coefficient (Wildman–Crippen LogP) is 3.52. The van der Waals surface area contributed by atoms with Crippen LogP contribution in [0.25, 0.3) is 0 Å². The molecule has 1 aliphatic rings. The lowest BCUT2D eigenvalue weighted by Crippen LogP contribution is -2.37. The van der Waals surface area contributed by atoms with E-state index in [2.05, 4.69) is 5.32 Å². The average Bonchev–Trinajstić information content (AvgIpc) is 3.41. The molecule has 1 saturated heterocycles. The van der Waals surface area contributed by atoms with Gasteiger partial charge in [0.05, 0.1) is 12.4 Å². The van der Waals surface area contributed by atoms with Crippen LogP contribution in [0.2, 0.25) is 0 Å². The van der Waals surface area contributed by atoms with Crippen molar-refractivity contribution in [2.75, 3.05) is 37.5 Å². The van der Waals surface area contributed by atoms with Crippen LogP contribution in [0.4, 0.5) is 11.4 Å². The van der Waals surface area contributed by atoms with Crippen LogP contribution < -0.4 is 10.2 Å². The van der Waals surface area contributed by atoms with Crippen LogP contribution in [0.1, 0.15) is 42.3 Å². The fourth-order valence-corrected chi connectivity index (χ4v) is 3.49. The third-order valence-electron chi connectivity index (χ3n) is 4.99. The van der Waals surface area contributed by atoms with Crippen molar-refractivity contribution in [3.05, 3.63) is 47.9 Å². The zero-order valence-electron chi connectivity index (χ0n) is 17.3. The summed E-state index contributed by atoms with van der Waals surface area (Å²) in [6.45, 7) is 3.44. The van der Waals surface area contributed by atoms with Gasteiger partial charge in [-0.15, -0.1) is 0 Å². The van der Waals surface area contributed by atoms with Crippen molar-refractivity contribution in [1.82, 2.24) is 4.90 Å². The van der Waals surface area contributed by atoms with Crippen LogP contribution in [0.15, 0.2) is 41.0 Å². The van der Waals surface area contributed by atoms with Crippen molar-refractivity contribution in [2.45, 2.75) is 38.8 Å². The molecular formula is C22H29N3O4. The maximum atomic E-state index is 13.1. The van der Waals surface area contributed by atoms with E-state index in [1.54, 1.807) is 17.0 Å². The Morgan fingerprint density at radius 2 is 2.07 bits per heavy atom. The fourth-order valence-electron chi connectivity index (χ4n) is 3.49. The van der Waals surface area contributed by atoms with Gasteiger partial charge in [0.15, 0.2) is 5.76 Å². The first-order valence-corrected chi connectivity index (χ1v) is 10.0. The van der Waals surface area contributed by atoms with Gasteiger partial charge in [-0.25, -0.2) is 0 Å². The largest absolute Gasteiger partial charge is 0.459 e. The number of rotatable bonds is 8. The van der Waals surface area contributed by atoms with Gasteiger partial charge in [-0.1, -0.05) is 6.92 Å². The molecule has 0 aliphatic carbocycles. The van der Waals surface area contributed by atoms with E-state index in [-0.39, 0.29) is 17.9 Å². The minimum atomic E-state index is -0.168. The quantitative estimate of drug-likeness (QED) is 0.735. The van der Waals surface area contributed by atoms with Crippen LogP contribution in [0, 0.1) is 0 Å². The summed E-state index contributed by atoms with van der Waals surface area (Å²) >= 11 is 0. The first kappa shape index (κ1) is 20.9. The van der Waals surface area contributed by atoms with Gasteiger partial charge in [-0.2, -0.15) is 0 Å². The molecule has 1 fully saturated rings. The van der Waals surface area contributed by atoms with Crippen LogP contribution in [0.3, 0.4) is 0 Å². The van der Waals surface area contributed by atoms with Crippen LogP contribution in [-0.2, 0) is 16.1 Å². The number of benzene rings is 1. The Labute approximate surface area is 171 Å². The second kappa shape index (κ2) is 9.60. The third-order valence-corrected chi connectivity index (χ3v) is 4.99. The van der Waals surface area contributed by atoms with Gasteiger partial charge in [0.2, 0.25) is 5.91 Å². The minimum Gasteiger partial charge on any atom is -0.459 e. The molecule has 2 amide bonds. The van der Waals surface area contributed by atoms with E-state index in [9.17, 15) is 9.59 Å². The van der Waals surface area contributed by atoms with Gasteiger partial charge in [-0.3, -0.25) is 9.59 Å². The summed E-state index contributed by atoms with van der Waals surface area (Å²) < 4.78 is 11.1. The fraction of sp³-hybridized carbons (Fsp3) is 0.455. The zero-order chi connectivity index (χ0) is 20.8. The number of anilines is 2. The third kappa shape index (κ3) is 5.38. The lowest BCUT2D eigenvalue weighted by atomic mass is 10.1. The number of nitrogens with zero attached hydrogens (tertiary/aromatic N) is 2. The molecule has 0 bridgehead atoms. The van der Waals surface area contributed by atoms with Gasteiger partial charge in [-0.05, 0) is 48.7 Å². The van der Waals surface area contributed by atoms with Crippen molar-refractivity contribution >= 4 is 23.2 Å². The smallest absolute Gasteiger partial charge is 0.289 e. The van der Waals surface area contributed by atoms with Gasteiger partial charge < -0.3 is 24.3 Å². The molecule has 7 nitrogen and oxygen atoms in total. The summed E-state index contributed by atoms with van der Waals surface area (Å²) in [5, 5.41) is 2.90. The van der Waals surface area contributed by atoms with Crippen molar-refractivity contribution in [3.8, 4) is 0 Å². The van der Waals surface area contributed by atoms with Crippen LogP contribution in [0.5, 0.6) is 0 Å². The molecule has 2 heterocycles. The highest BCUT2D eigenvalue weighted by atomic mass is 16.5. The monoisotopic (exact) mass is 399 g/mol. The van der Waals surface area contributed by atoms with Crippen molar-refractivity contribution in [1.29, 1.82) is 0 Å². The topological polar surface area (TPSA) is 75.0 Å². The predicted molar refractivity (Wildman–Crippen MR) is 112 cm³/mol. The molecule has 1 aromatic heterocycles. The molecule has 0 unspecified atom stereocenters. The second-order valence-corrected chi connectivity index (χ2v) is 7.44. The Kier molecular flexibility index (Phi) is 6.93. The van der Waals surface area contributed by atoms with Gasteiger partial charge in [0, 0.05) is 51.6 Å². The molecule has 1 atom stereocenters. The van der Waals surface area contributed by atoms with E-state index in [0.29, 0.717) is 25.3 Å². The summed E-state index contributed by atoms with van der Waals surface area (Å²) in [6, 6.07) is 9.16. The molecule has 0 spiro atoms. The Morgan fingerprint density at radius 3 is 2.69 bits per heavy atom. The molecule has 1 aliphatic heterocycles. The van der Waals surface area contributed by atoms with E-state index < -0.39 is 0 Å². The first-order valence-electron chi connectivity index (χ1n) is 10.0. The Balaban J connectivity index is 1.88. The van der Waals surface area contributed by atoms with Crippen LogP contribution in [-0.4, -0.2) is 50.1 Å². The van der Waals surface area contributed by atoms with Crippen molar-refractivity contribution in [2.24, 2.45) is 0 Å². The number of carbonyl (C=O) groups is 2. The lowest BCUT2D eigenvalue weighted by molar-refractivity contribution is -0.115. The lowest BCUT2D eigenvalue weighted by Gasteiger charge is -2.27. The summed E-state index contributed by atoms with van der Waals surface area (Å²) in [4.78, 5) is 28.7. The van der Waals surface area contributed by atoms with E-state index in [4.69, 9.17) is 9.15 Å². The summed E-state index contributed by atoms with van der Waals surface area (Å²) in [5.74, 6) is 0.0967. The summed E-state index contributed by atoms with van der Waals surface area (Å²) in [5.41, 5.74) is 2.66. The number of amides is 2. The minimum absolute atomic E-state index is 0.0275. The molecule has 1 N–H and O–H groups in total. The van der Waals surface area contributed by atoms with E-state index in [0.717, 1.165) is 36.4 Å². The van der Waals surface area contributed by atoms with E-state index >= 15 is 0 Å². The van der Waals surface area contributed by atoms with Crippen molar-refractivity contribution in [3.63, 3.8) is 0 Å². The highest BCUT2D eigenvalue weighted by molar-refractivity contribution is 5.92. The van der Waals surface area contributed by atoms with Gasteiger partial charge in [0.25, 0.3) is 5.91 Å². The molecule has 2 aromatic rings. The first-order chi connectivity index (χ1) is 14.0. The molecule has 29 heavy (non-hydrogen) atoms. The van der Waals surface area contributed by atoms with E-state index in [1.165, 1.54) is 6.26 Å². The van der Waals surface area contributed by atoms with Gasteiger partial charge in [0.1, 0.15) is 0 Å². The average molecular weight is 399 g/mol. The normalized spacial score (nSPS) is 15.9. The Bertz CT molecular complexity index is 827. The molecule has 0 radical (unpaired) electrons. The summed E-state index contributed by atoms with van der Waals surface area (Å²) in [7, 11) is 3.92. The summed E-state index contributed by atoms with van der Waals surface area (Å²) in [6.07, 6.45) is 3.89. The van der Waals surface area contributed by atoms with Crippen LogP contribution >= 0.6 is 0 Å². The second-order valence-electron chi connectivity index (χ2n) is 7.44. The maximum Gasteiger partial charge on any atom is 0.289 e. The molecule has 0 saturated carbocycles. The Morgan fingerprint density at radius 1 is 1.24 bits per heavy atom. The molecule has 3 rings (SSSR count). The highest BCUT2D eigenvalue weighted by Crippen LogP contribution is 2.26. The maximum absolute atomic E-state index is 13.1. The number of furan rings is 1. The van der Waals surface area contributed by atoms with Crippen molar-refractivity contribution < 1.29 is 18.7 Å². The highest BCUT2D eigenvalue weighted by Gasteiger charge is 2.26. The number of hydrogen-bond acceptors (Lipinski definition) is 5. The number of nitrogens with one attached hydrogen (secondary N) is 1. The molecular weight excluding hydrogens is 370 g/mol. The zero-order valence-corrected chi connectivity index (χ0v) is 17.3. The molecule has 156 valence electrons. The SMILES string of the molecule is CCC(=O)Nc1ccc(N(C)C)c(CN(C[C@H]2CCCO2)C(=O)c2ccco2)c1. The standard InChI is InChI=1S/C22H29N3O4/c1-4-21(26)23-17-9-10-19(24(2)3)16(13-17)14-25(15-18-7-5-11-28-18)22(27)20-8-6-12-29-20/h6,8-10,12-13,18H,4-5,7,11,14-15H2,1-3H3,(H,23,26)/t18-/m1/s1. The number of hydrogen-bond donors (Lipinski definition) is 1. The molecule has 1 aromatic carbocycles. The van der Waals surface area contributed by atoms with Gasteiger partial charge >= 0.3 is 0 Å². The molecule has 7 heteroatoms. The number of ether oxygens (including phenoxy) is 1. The van der Waals surface area contributed by atoms with E-state index in [1.807, 2.05) is 44.1 Å². The Hall–Kier alpha value is -2.80.